The van der Waals surface area contributed by atoms with Crippen LogP contribution >= 0.6 is 0 Å². The van der Waals surface area contributed by atoms with Crippen molar-refractivity contribution in [3.63, 3.8) is 0 Å². The Morgan fingerprint density at radius 3 is 2.33 bits per heavy atom. The van der Waals surface area contributed by atoms with Gasteiger partial charge in [-0.05, 0) is 19.1 Å². The molecular formula is C13H17FO4. The van der Waals surface area contributed by atoms with Crippen LogP contribution in [0.1, 0.15) is 28.9 Å². The van der Waals surface area contributed by atoms with Crippen molar-refractivity contribution in [1.29, 1.82) is 0 Å². The maximum absolute atomic E-state index is 13.5. The molecule has 0 spiro atoms. The van der Waals surface area contributed by atoms with Gasteiger partial charge in [-0.3, -0.25) is 4.79 Å². The van der Waals surface area contributed by atoms with E-state index in [1.165, 1.54) is 26.4 Å². The average Bonchev–Trinajstić information content (AvgIpc) is 2.40. The van der Waals surface area contributed by atoms with Crippen LogP contribution in [0.2, 0.25) is 0 Å². The minimum Gasteiger partial charge on any atom is -0.496 e. The summed E-state index contributed by atoms with van der Waals surface area (Å²) in [6.07, 6.45) is -0.264. The summed E-state index contributed by atoms with van der Waals surface area (Å²) in [7, 11) is 4.45. The van der Waals surface area contributed by atoms with E-state index in [0.29, 0.717) is 11.8 Å². The zero-order valence-electron chi connectivity index (χ0n) is 10.9. The SMILES string of the molecule is COc1c([C@H](OC)C(C)OC)ccc(F)c1C=O. The molecule has 1 rings (SSSR count). The first-order chi connectivity index (χ1) is 8.60. The highest BCUT2D eigenvalue weighted by atomic mass is 19.1. The highest BCUT2D eigenvalue weighted by molar-refractivity contribution is 5.80. The number of benzene rings is 1. The van der Waals surface area contributed by atoms with Gasteiger partial charge in [0.1, 0.15) is 17.7 Å². The minimum atomic E-state index is -0.620. The topological polar surface area (TPSA) is 44.8 Å². The number of methoxy groups -OCH3 is 3. The Labute approximate surface area is 106 Å². The van der Waals surface area contributed by atoms with E-state index in [1.54, 1.807) is 7.11 Å². The van der Waals surface area contributed by atoms with E-state index < -0.39 is 11.9 Å². The standard InChI is InChI=1S/C13H17FO4/c1-8(16-2)12(17-3)9-5-6-11(14)10(7-15)13(9)18-4/h5-8,12H,1-4H3/t8?,12-/m1/s1. The molecule has 5 heteroatoms. The molecule has 0 aliphatic rings. The molecule has 1 aromatic rings. The smallest absolute Gasteiger partial charge is 0.156 e. The largest absolute Gasteiger partial charge is 0.496 e. The first kappa shape index (κ1) is 14.6. The van der Waals surface area contributed by atoms with Gasteiger partial charge >= 0.3 is 0 Å². The van der Waals surface area contributed by atoms with Crippen molar-refractivity contribution < 1.29 is 23.4 Å². The Morgan fingerprint density at radius 1 is 1.22 bits per heavy atom. The Bertz CT molecular complexity index is 420. The van der Waals surface area contributed by atoms with Gasteiger partial charge in [-0.15, -0.1) is 0 Å². The molecule has 0 aliphatic heterocycles. The second kappa shape index (κ2) is 6.47. The molecule has 0 bridgehead atoms. The molecule has 0 radical (unpaired) electrons. The summed E-state index contributed by atoms with van der Waals surface area (Å²) in [5.41, 5.74) is 0.471. The number of rotatable bonds is 6. The number of hydrogen-bond acceptors (Lipinski definition) is 4. The van der Waals surface area contributed by atoms with Crippen LogP contribution in [-0.2, 0) is 9.47 Å². The summed E-state index contributed by atoms with van der Waals surface area (Å²) < 4.78 is 29.1. The molecule has 0 heterocycles. The maximum atomic E-state index is 13.5. The lowest BCUT2D eigenvalue weighted by Gasteiger charge is -2.24. The van der Waals surface area contributed by atoms with Crippen LogP contribution in [0, 0.1) is 5.82 Å². The third-order valence-electron chi connectivity index (χ3n) is 2.85. The fraction of sp³-hybridized carbons (Fsp3) is 0.462. The third kappa shape index (κ3) is 2.68. The quantitative estimate of drug-likeness (QED) is 0.733. The lowest BCUT2D eigenvalue weighted by Crippen LogP contribution is -2.20. The molecule has 4 nitrogen and oxygen atoms in total. The summed E-state index contributed by atoms with van der Waals surface area (Å²) in [6, 6.07) is 2.75. The average molecular weight is 256 g/mol. The molecule has 0 saturated heterocycles. The Hall–Kier alpha value is -1.46. The first-order valence-corrected chi connectivity index (χ1v) is 5.47. The first-order valence-electron chi connectivity index (χ1n) is 5.47. The van der Waals surface area contributed by atoms with Crippen LogP contribution < -0.4 is 4.74 Å². The van der Waals surface area contributed by atoms with Gasteiger partial charge in [0.2, 0.25) is 0 Å². The molecule has 2 atom stereocenters. The predicted molar refractivity (Wildman–Crippen MR) is 64.6 cm³/mol. The van der Waals surface area contributed by atoms with Gasteiger partial charge in [0.05, 0.1) is 18.8 Å². The number of carbonyl (C=O) groups excluding carboxylic acids is 1. The molecule has 1 aromatic carbocycles. The lowest BCUT2D eigenvalue weighted by molar-refractivity contribution is -0.0287. The summed E-state index contributed by atoms with van der Waals surface area (Å²) in [5.74, 6) is -0.439. The maximum Gasteiger partial charge on any atom is 0.156 e. The molecule has 0 N–H and O–H groups in total. The second-order valence-electron chi connectivity index (χ2n) is 3.80. The predicted octanol–water partition coefficient (Wildman–Crippen LogP) is 2.37. The van der Waals surface area contributed by atoms with E-state index in [-0.39, 0.29) is 17.4 Å². The van der Waals surface area contributed by atoms with Crippen LogP contribution in [0.5, 0.6) is 5.75 Å². The molecule has 0 saturated carbocycles. The molecule has 0 fully saturated rings. The van der Waals surface area contributed by atoms with Crippen molar-refractivity contribution in [1.82, 2.24) is 0 Å². The van der Waals surface area contributed by atoms with Crippen molar-refractivity contribution in [2.45, 2.75) is 19.1 Å². The summed E-state index contributed by atoms with van der Waals surface area (Å²) >= 11 is 0. The highest BCUT2D eigenvalue weighted by Gasteiger charge is 2.25. The summed E-state index contributed by atoms with van der Waals surface area (Å²) in [4.78, 5) is 10.9. The summed E-state index contributed by atoms with van der Waals surface area (Å²) in [5, 5.41) is 0. The Morgan fingerprint density at radius 2 is 1.89 bits per heavy atom. The lowest BCUT2D eigenvalue weighted by atomic mass is 10.0. The van der Waals surface area contributed by atoms with Gasteiger partial charge in [-0.1, -0.05) is 0 Å². The van der Waals surface area contributed by atoms with E-state index in [2.05, 4.69) is 0 Å². The third-order valence-corrected chi connectivity index (χ3v) is 2.85. The van der Waals surface area contributed by atoms with Crippen LogP contribution in [-0.4, -0.2) is 33.7 Å². The molecule has 0 aromatic heterocycles. The van der Waals surface area contributed by atoms with Crippen LogP contribution in [0.15, 0.2) is 12.1 Å². The van der Waals surface area contributed by atoms with Crippen LogP contribution in [0.4, 0.5) is 4.39 Å². The molecule has 1 unspecified atom stereocenters. The highest BCUT2D eigenvalue weighted by Crippen LogP contribution is 2.34. The molecule has 0 aliphatic carbocycles. The Balaban J connectivity index is 3.34. The second-order valence-corrected chi connectivity index (χ2v) is 3.80. The minimum absolute atomic E-state index is 0.111. The van der Waals surface area contributed by atoms with E-state index in [4.69, 9.17) is 14.2 Å². The van der Waals surface area contributed by atoms with E-state index in [0.717, 1.165) is 0 Å². The zero-order chi connectivity index (χ0) is 13.7. The van der Waals surface area contributed by atoms with Crippen molar-refractivity contribution in [3.8, 4) is 5.75 Å². The van der Waals surface area contributed by atoms with Crippen molar-refractivity contribution >= 4 is 6.29 Å². The van der Waals surface area contributed by atoms with Gasteiger partial charge in [-0.25, -0.2) is 4.39 Å². The van der Waals surface area contributed by atoms with Crippen LogP contribution in [0.3, 0.4) is 0 Å². The van der Waals surface area contributed by atoms with Crippen molar-refractivity contribution in [2.24, 2.45) is 0 Å². The number of halogens is 1. The number of hydrogen-bond donors (Lipinski definition) is 0. The fourth-order valence-electron chi connectivity index (χ4n) is 1.85. The zero-order valence-corrected chi connectivity index (χ0v) is 10.9. The monoisotopic (exact) mass is 256 g/mol. The van der Waals surface area contributed by atoms with Gasteiger partial charge in [0.15, 0.2) is 6.29 Å². The van der Waals surface area contributed by atoms with E-state index in [9.17, 15) is 9.18 Å². The van der Waals surface area contributed by atoms with Gasteiger partial charge < -0.3 is 14.2 Å². The van der Waals surface area contributed by atoms with E-state index in [1.807, 2.05) is 6.92 Å². The Kier molecular flexibility index (Phi) is 5.25. The van der Waals surface area contributed by atoms with Gasteiger partial charge in [0, 0.05) is 19.8 Å². The normalized spacial score (nSPS) is 14.1. The van der Waals surface area contributed by atoms with Gasteiger partial charge in [0.25, 0.3) is 0 Å². The van der Waals surface area contributed by atoms with Crippen LogP contribution in [0.25, 0.3) is 0 Å². The number of aldehydes is 1. The van der Waals surface area contributed by atoms with Gasteiger partial charge in [-0.2, -0.15) is 0 Å². The fourth-order valence-corrected chi connectivity index (χ4v) is 1.85. The number of carbonyl (C=O) groups is 1. The molecule has 18 heavy (non-hydrogen) atoms. The van der Waals surface area contributed by atoms with Crippen molar-refractivity contribution in [2.75, 3.05) is 21.3 Å². The molecule has 0 amide bonds. The van der Waals surface area contributed by atoms with Crippen molar-refractivity contribution in [3.05, 3.63) is 29.1 Å². The summed E-state index contributed by atoms with van der Waals surface area (Å²) in [6.45, 7) is 1.82. The number of ether oxygens (including phenoxy) is 3. The van der Waals surface area contributed by atoms with E-state index >= 15 is 0 Å². The molecule has 100 valence electrons. The molecular weight excluding hydrogens is 239 g/mol.